The van der Waals surface area contributed by atoms with Gasteiger partial charge >= 0.3 is 0 Å². The average molecular weight is 441 g/mol. The maximum atomic E-state index is 12.7. The van der Waals surface area contributed by atoms with E-state index in [2.05, 4.69) is 16.5 Å². The van der Waals surface area contributed by atoms with Gasteiger partial charge in [0.25, 0.3) is 5.91 Å². The predicted octanol–water partition coefficient (Wildman–Crippen LogP) is 5.25. The van der Waals surface area contributed by atoms with Gasteiger partial charge in [0.2, 0.25) is 0 Å². The first-order valence-corrected chi connectivity index (χ1v) is 10.9. The minimum Gasteiger partial charge on any atom is -0.471 e. The van der Waals surface area contributed by atoms with Gasteiger partial charge in [-0.25, -0.2) is 4.68 Å². The third-order valence-corrected chi connectivity index (χ3v) is 6.96. The molecule has 0 atom stereocenters. The summed E-state index contributed by atoms with van der Waals surface area (Å²) in [5.41, 5.74) is 3.85. The van der Waals surface area contributed by atoms with Gasteiger partial charge in [-0.1, -0.05) is 11.6 Å². The van der Waals surface area contributed by atoms with Crippen LogP contribution in [0.3, 0.4) is 0 Å². The molecule has 0 saturated heterocycles. The molecule has 1 N–H and O–H groups in total. The first kappa shape index (κ1) is 20.5. The minimum absolute atomic E-state index is 0.171. The fraction of sp³-hybridized carbons (Fsp3) is 0.318. The molecule has 1 amide bonds. The Morgan fingerprint density at radius 1 is 1.33 bits per heavy atom. The molecule has 3 aromatic rings. The SMILES string of the molecule is Cc1cc(OCn2ccc(C(=O)Nc3sc4c(c3C#N)CCCC4)n2)cc(C)c1Cl. The molecule has 0 saturated carbocycles. The first-order chi connectivity index (χ1) is 14.5. The number of benzene rings is 1. The summed E-state index contributed by atoms with van der Waals surface area (Å²) in [5, 5.41) is 18.1. The summed E-state index contributed by atoms with van der Waals surface area (Å²) in [6.07, 6.45) is 5.78. The fourth-order valence-corrected chi connectivity index (χ4v) is 4.97. The Bertz CT molecular complexity index is 1140. The van der Waals surface area contributed by atoms with Crippen LogP contribution in [0, 0.1) is 25.2 Å². The normalized spacial score (nSPS) is 12.9. The number of nitrogens with one attached hydrogen (secondary N) is 1. The van der Waals surface area contributed by atoms with Crippen LogP contribution in [0.2, 0.25) is 5.02 Å². The second-order valence-electron chi connectivity index (χ2n) is 7.37. The summed E-state index contributed by atoms with van der Waals surface area (Å²) in [5.74, 6) is 0.362. The lowest BCUT2D eigenvalue weighted by molar-refractivity contribution is 0.102. The van der Waals surface area contributed by atoms with Crippen molar-refractivity contribution in [3.05, 3.63) is 62.2 Å². The number of carbonyl (C=O) groups excluding carboxylic acids is 1. The summed E-state index contributed by atoms with van der Waals surface area (Å²) in [7, 11) is 0. The lowest BCUT2D eigenvalue weighted by atomic mass is 9.96. The summed E-state index contributed by atoms with van der Waals surface area (Å²) < 4.78 is 7.34. The summed E-state index contributed by atoms with van der Waals surface area (Å²) in [4.78, 5) is 13.9. The van der Waals surface area contributed by atoms with Gasteiger partial charge in [-0.2, -0.15) is 10.4 Å². The van der Waals surface area contributed by atoms with Gasteiger partial charge in [-0.3, -0.25) is 4.79 Å². The van der Waals surface area contributed by atoms with Crippen LogP contribution in [0.15, 0.2) is 24.4 Å². The average Bonchev–Trinajstić information content (AvgIpc) is 3.34. The van der Waals surface area contributed by atoms with E-state index in [4.69, 9.17) is 16.3 Å². The molecule has 154 valence electrons. The molecule has 1 aliphatic carbocycles. The second kappa shape index (κ2) is 8.50. The van der Waals surface area contributed by atoms with E-state index in [9.17, 15) is 10.1 Å². The van der Waals surface area contributed by atoms with Crippen molar-refractivity contribution in [2.24, 2.45) is 0 Å². The Morgan fingerprint density at radius 2 is 2.07 bits per heavy atom. The van der Waals surface area contributed by atoms with Gasteiger partial charge in [0.15, 0.2) is 12.4 Å². The molecule has 0 radical (unpaired) electrons. The number of carbonyl (C=O) groups is 1. The van der Waals surface area contributed by atoms with Crippen molar-refractivity contribution in [2.75, 3.05) is 5.32 Å². The minimum atomic E-state index is -0.331. The number of aromatic nitrogens is 2. The Morgan fingerprint density at radius 3 is 2.80 bits per heavy atom. The van der Waals surface area contributed by atoms with Gasteiger partial charge in [0, 0.05) is 16.1 Å². The van der Waals surface area contributed by atoms with Gasteiger partial charge in [-0.15, -0.1) is 11.3 Å². The number of aryl methyl sites for hydroxylation is 3. The summed E-state index contributed by atoms with van der Waals surface area (Å²) in [6, 6.07) is 7.63. The van der Waals surface area contributed by atoms with E-state index in [1.807, 2.05) is 26.0 Å². The molecule has 0 bridgehead atoms. The van der Waals surface area contributed by atoms with Crippen LogP contribution in [0.1, 0.15) is 50.5 Å². The van der Waals surface area contributed by atoms with Crippen molar-refractivity contribution in [2.45, 2.75) is 46.3 Å². The number of rotatable bonds is 5. The number of ether oxygens (including phenoxy) is 1. The molecule has 0 unspecified atom stereocenters. The number of nitrogens with zero attached hydrogens (tertiary/aromatic N) is 3. The Kier molecular flexibility index (Phi) is 5.80. The molecule has 1 aromatic carbocycles. The van der Waals surface area contributed by atoms with Crippen LogP contribution in [-0.4, -0.2) is 15.7 Å². The Hall–Kier alpha value is -2.82. The molecule has 2 heterocycles. The molecule has 6 nitrogen and oxygen atoms in total. The summed E-state index contributed by atoms with van der Waals surface area (Å²) >= 11 is 7.69. The predicted molar refractivity (Wildman–Crippen MR) is 117 cm³/mol. The van der Waals surface area contributed by atoms with Gasteiger partial charge < -0.3 is 10.1 Å². The summed E-state index contributed by atoms with van der Waals surface area (Å²) in [6.45, 7) is 4.03. The molecule has 1 aliphatic rings. The number of nitriles is 1. The zero-order chi connectivity index (χ0) is 21.3. The smallest absolute Gasteiger partial charge is 0.276 e. The quantitative estimate of drug-likeness (QED) is 0.587. The van der Waals surface area contributed by atoms with Crippen molar-refractivity contribution in [1.82, 2.24) is 9.78 Å². The van der Waals surface area contributed by atoms with Crippen LogP contribution < -0.4 is 10.1 Å². The lowest BCUT2D eigenvalue weighted by Crippen LogP contribution is -2.14. The van der Waals surface area contributed by atoms with Crippen molar-refractivity contribution >= 4 is 33.8 Å². The topological polar surface area (TPSA) is 79.9 Å². The molecular formula is C22H21ClN4O2S. The Labute approximate surface area is 184 Å². The fourth-order valence-electron chi connectivity index (χ4n) is 3.62. The largest absolute Gasteiger partial charge is 0.471 e. The standard InChI is InChI=1S/C22H21ClN4O2S/c1-13-9-15(10-14(2)20(13)23)29-12-27-8-7-18(26-27)21(28)25-22-17(11-24)16-5-3-4-6-19(16)30-22/h7-10H,3-6,12H2,1-2H3,(H,25,28). The van der Waals surface area contributed by atoms with Crippen LogP contribution in [-0.2, 0) is 19.6 Å². The number of hydrogen-bond acceptors (Lipinski definition) is 5. The van der Waals surface area contributed by atoms with Gasteiger partial charge in [0.1, 0.15) is 16.8 Å². The van der Waals surface area contributed by atoms with E-state index in [-0.39, 0.29) is 18.3 Å². The van der Waals surface area contributed by atoms with Crippen molar-refractivity contribution in [3.63, 3.8) is 0 Å². The molecule has 0 spiro atoms. The lowest BCUT2D eigenvalue weighted by Gasteiger charge is -2.10. The third-order valence-electron chi connectivity index (χ3n) is 5.16. The number of hydrogen-bond donors (Lipinski definition) is 1. The number of thiophene rings is 1. The van der Waals surface area contributed by atoms with Crippen LogP contribution in [0.5, 0.6) is 5.75 Å². The second-order valence-corrected chi connectivity index (χ2v) is 8.85. The van der Waals surface area contributed by atoms with E-state index in [0.717, 1.165) is 47.4 Å². The number of amides is 1. The van der Waals surface area contributed by atoms with Gasteiger partial charge in [-0.05, 0) is 74.4 Å². The monoisotopic (exact) mass is 440 g/mol. The van der Waals surface area contributed by atoms with Crippen molar-refractivity contribution < 1.29 is 9.53 Å². The highest BCUT2D eigenvalue weighted by Gasteiger charge is 2.22. The van der Waals surface area contributed by atoms with E-state index < -0.39 is 0 Å². The van der Waals surface area contributed by atoms with Gasteiger partial charge in [0.05, 0.1) is 5.56 Å². The van der Waals surface area contributed by atoms with E-state index >= 15 is 0 Å². The molecule has 4 rings (SSSR count). The number of fused-ring (bicyclic) bond motifs is 1. The molecule has 8 heteroatoms. The highest BCUT2D eigenvalue weighted by atomic mass is 35.5. The maximum absolute atomic E-state index is 12.7. The maximum Gasteiger partial charge on any atom is 0.276 e. The first-order valence-electron chi connectivity index (χ1n) is 9.75. The van der Waals surface area contributed by atoms with E-state index in [0.29, 0.717) is 16.3 Å². The van der Waals surface area contributed by atoms with Crippen molar-refractivity contribution in [1.29, 1.82) is 5.26 Å². The zero-order valence-electron chi connectivity index (χ0n) is 16.8. The molecule has 0 fully saturated rings. The third kappa shape index (κ3) is 4.07. The van der Waals surface area contributed by atoms with E-state index in [1.54, 1.807) is 16.9 Å². The molecular weight excluding hydrogens is 420 g/mol. The van der Waals surface area contributed by atoms with Crippen LogP contribution >= 0.6 is 22.9 Å². The molecule has 0 aliphatic heterocycles. The number of halogens is 1. The van der Waals surface area contributed by atoms with Crippen LogP contribution in [0.4, 0.5) is 5.00 Å². The van der Waals surface area contributed by atoms with E-state index in [1.165, 1.54) is 16.2 Å². The number of anilines is 1. The Balaban J connectivity index is 1.44. The highest BCUT2D eigenvalue weighted by molar-refractivity contribution is 7.16. The highest BCUT2D eigenvalue weighted by Crippen LogP contribution is 2.37. The molecule has 30 heavy (non-hydrogen) atoms. The van der Waals surface area contributed by atoms with Crippen molar-refractivity contribution in [3.8, 4) is 11.8 Å². The van der Waals surface area contributed by atoms with Crippen LogP contribution in [0.25, 0.3) is 0 Å². The zero-order valence-corrected chi connectivity index (χ0v) is 18.4. The molecule has 2 aromatic heterocycles.